The Morgan fingerprint density at radius 1 is 1.30 bits per heavy atom. The van der Waals surface area contributed by atoms with Crippen LogP contribution in [0.5, 0.6) is 0 Å². The highest BCUT2D eigenvalue weighted by Gasteiger charge is 2.35. The fourth-order valence-corrected chi connectivity index (χ4v) is 2.66. The number of esters is 1. The first kappa shape index (κ1) is 17.6. The molecule has 1 aliphatic heterocycles. The van der Waals surface area contributed by atoms with Crippen LogP contribution in [0.15, 0.2) is 18.2 Å². The van der Waals surface area contributed by atoms with Crippen molar-refractivity contribution < 1.29 is 23.4 Å². The number of anilines is 1. The van der Waals surface area contributed by atoms with Crippen molar-refractivity contribution in [3.63, 3.8) is 0 Å². The Kier molecular flexibility index (Phi) is 5.54. The topological polar surface area (TPSA) is 53.0 Å². The van der Waals surface area contributed by atoms with Gasteiger partial charge in [0.2, 0.25) is 0 Å². The third-order valence-corrected chi connectivity index (χ3v) is 3.87. The fraction of sp³-hybridized carbons (Fsp3) is 0.562. The minimum absolute atomic E-state index is 0.144. The number of aliphatic hydroxyl groups is 1. The highest BCUT2D eigenvalue weighted by molar-refractivity contribution is 5.79. The average molecular weight is 328 g/mol. The second kappa shape index (κ2) is 7.23. The van der Waals surface area contributed by atoms with Gasteiger partial charge in [-0.25, -0.2) is 13.6 Å². The summed E-state index contributed by atoms with van der Waals surface area (Å²) < 4.78 is 31.9. The van der Waals surface area contributed by atoms with Crippen LogP contribution in [0.1, 0.15) is 13.8 Å². The van der Waals surface area contributed by atoms with Gasteiger partial charge in [0.1, 0.15) is 11.6 Å². The minimum atomic E-state index is -1.58. The standard InChI is InChI=1S/C16H22F2N2O3/c1-3-23-15(21)16(2,22)11-19-6-8-20(9-7-19)14-10-12(17)4-5-13(14)18/h4-5,10,22H,3,6-9,11H2,1-2H3/t16-/m0/s1. The van der Waals surface area contributed by atoms with Crippen LogP contribution >= 0.6 is 0 Å². The predicted octanol–water partition coefficient (Wildman–Crippen LogP) is 1.40. The number of carbonyl (C=O) groups is 1. The molecule has 1 aromatic rings. The zero-order chi connectivity index (χ0) is 17.0. The van der Waals surface area contributed by atoms with E-state index in [4.69, 9.17) is 4.74 Å². The molecule has 1 aromatic carbocycles. The van der Waals surface area contributed by atoms with Crippen LogP contribution in [0.3, 0.4) is 0 Å². The number of ether oxygens (including phenoxy) is 1. The van der Waals surface area contributed by atoms with Crippen molar-refractivity contribution in [3.8, 4) is 0 Å². The molecule has 0 amide bonds. The Bertz CT molecular complexity index is 558. The van der Waals surface area contributed by atoms with Gasteiger partial charge in [0.25, 0.3) is 0 Å². The second-order valence-corrected chi connectivity index (χ2v) is 5.85. The van der Waals surface area contributed by atoms with Crippen molar-refractivity contribution in [2.75, 3.05) is 44.2 Å². The number of hydrogen-bond donors (Lipinski definition) is 1. The summed E-state index contributed by atoms with van der Waals surface area (Å²) in [5, 5.41) is 10.2. The van der Waals surface area contributed by atoms with Crippen LogP contribution in [0.4, 0.5) is 14.5 Å². The molecule has 1 saturated heterocycles. The summed E-state index contributed by atoms with van der Waals surface area (Å²) in [7, 11) is 0. The van der Waals surface area contributed by atoms with Gasteiger partial charge in [-0.1, -0.05) is 0 Å². The quantitative estimate of drug-likeness (QED) is 0.828. The summed E-state index contributed by atoms with van der Waals surface area (Å²) in [5.74, 6) is -1.59. The molecule has 0 aromatic heterocycles. The van der Waals surface area contributed by atoms with Crippen molar-refractivity contribution in [3.05, 3.63) is 29.8 Å². The van der Waals surface area contributed by atoms with Gasteiger partial charge in [0, 0.05) is 38.8 Å². The van der Waals surface area contributed by atoms with E-state index in [-0.39, 0.29) is 18.8 Å². The lowest BCUT2D eigenvalue weighted by molar-refractivity contribution is -0.165. The number of halogens is 2. The van der Waals surface area contributed by atoms with E-state index < -0.39 is 23.2 Å². The van der Waals surface area contributed by atoms with Crippen LogP contribution in [0, 0.1) is 11.6 Å². The van der Waals surface area contributed by atoms with E-state index >= 15 is 0 Å². The van der Waals surface area contributed by atoms with Gasteiger partial charge in [0.05, 0.1) is 12.3 Å². The van der Waals surface area contributed by atoms with Gasteiger partial charge in [-0.2, -0.15) is 0 Å². The first-order valence-corrected chi connectivity index (χ1v) is 7.65. The van der Waals surface area contributed by atoms with E-state index in [2.05, 4.69) is 0 Å². The first-order chi connectivity index (χ1) is 10.8. The van der Waals surface area contributed by atoms with Gasteiger partial charge in [0.15, 0.2) is 5.60 Å². The first-order valence-electron chi connectivity index (χ1n) is 7.65. The maximum absolute atomic E-state index is 13.8. The summed E-state index contributed by atoms with van der Waals surface area (Å²) in [5.41, 5.74) is -1.34. The molecule has 2 rings (SSSR count). The van der Waals surface area contributed by atoms with Crippen LogP contribution in [-0.4, -0.2) is 60.9 Å². The van der Waals surface area contributed by atoms with E-state index in [9.17, 15) is 18.7 Å². The Balaban J connectivity index is 1.93. The molecule has 0 spiro atoms. The average Bonchev–Trinajstić information content (AvgIpc) is 2.50. The Morgan fingerprint density at radius 2 is 1.96 bits per heavy atom. The molecule has 128 valence electrons. The third kappa shape index (κ3) is 4.39. The van der Waals surface area contributed by atoms with Crippen LogP contribution in [0.2, 0.25) is 0 Å². The number of β-amino-alcohol motifs (C(OH)–C–C–N with tert-alkyl or cyclic N) is 1. The molecule has 0 saturated carbocycles. The molecule has 0 bridgehead atoms. The smallest absolute Gasteiger partial charge is 0.339 e. The van der Waals surface area contributed by atoms with E-state index in [1.165, 1.54) is 13.0 Å². The molecule has 1 aliphatic rings. The number of carbonyl (C=O) groups excluding carboxylic acids is 1. The highest BCUT2D eigenvalue weighted by atomic mass is 19.1. The summed E-state index contributed by atoms with van der Waals surface area (Å²) in [6.45, 7) is 5.49. The van der Waals surface area contributed by atoms with Gasteiger partial charge < -0.3 is 14.7 Å². The largest absolute Gasteiger partial charge is 0.464 e. The number of benzene rings is 1. The van der Waals surface area contributed by atoms with Crippen LogP contribution in [-0.2, 0) is 9.53 Å². The van der Waals surface area contributed by atoms with E-state index in [1.54, 1.807) is 11.8 Å². The SMILES string of the molecule is CCOC(=O)[C@@](C)(O)CN1CCN(c2cc(F)ccc2F)CC1. The zero-order valence-corrected chi connectivity index (χ0v) is 13.4. The molecule has 0 unspecified atom stereocenters. The fourth-order valence-electron chi connectivity index (χ4n) is 2.66. The maximum Gasteiger partial charge on any atom is 0.339 e. The Labute approximate surface area is 134 Å². The van der Waals surface area contributed by atoms with Crippen LogP contribution in [0.25, 0.3) is 0 Å². The number of piperazine rings is 1. The molecule has 5 nitrogen and oxygen atoms in total. The number of nitrogens with zero attached hydrogens (tertiary/aromatic N) is 2. The molecular weight excluding hydrogens is 306 g/mol. The lowest BCUT2D eigenvalue weighted by atomic mass is 10.1. The maximum atomic E-state index is 13.8. The third-order valence-electron chi connectivity index (χ3n) is 3.87. The predicted molar refractivity (Wildman–Crippen MR) is 82.3 cm³/mol. The highest BCUT2D eigenvalue weighted by Crippen LogP contribution is 2.22. The van der Waals surface area contributed by atoms with Crippen molar-refractivity contribution in [1.82, 2.24) is 4.90 Å². The molecule has 1 atom stereocenters. The second-order valence-electron chi connectivity index (χ2n) is 5.85. The van der Waals surface area contributed by atoms with Gasteiger partial charge in [-0.15, -0.1) is 0 Å². The molecule has 1 fully saturated rings. The number of hydrogen-bond acceptors (Lipinski definition) is 5. The Morgan fingerprint density at radius 3 is 2.57 bits per heavy atom. The summed E-state index contributed by atoms with van der Waals surface area (Å²) in [6, 6.07) is 3.38. The zero-order valence-electron chi connectivity index (χ0n) is 13.4. The van der Waals surface area contributed by atoms with E-state index in [0.29, 0.717) is 26.2 Å². The Hall–Kier alpha value is -1.73. The molecule has 7 heteroatoms. The molecule has 1 heterocycles. The van der Waals surface area contributed by atoms with Crippen molar-refractivity contribution in [2.45, 2.75) is 19.4 Å². The molecule has 23 heavy (non-hydrogen) atoms. The summed E-state index contributed by atoms with van der Waals surface area (Å²) >= 11 is 0. The van der Waals surface area contributed by atoms with Gasteiger partial charge in [-0.3, -0.25) is 4.90 Å². The van der Waals surface area contributed by atoms with Crippen LogP contribution < -0.4 is 4.90 Å². The lowest BCUT2D eigenvalue weighted by Gasteiger charge is -2.38. The number of rotatable bonds is 5. The molecular formula is C16H22F2N2O3. The monoisotopic (exact) mass is 328 g/mol. The minimum Gasteiger partial charge on any atom is -0.464 e. The van der Waals surface area contributed by atoms with Crippen molar-refractivity contribution >= 4 is 11.7 Å². The van der Waals surface area contributed by atoms with Crippen molar-refractivity contribution in [2.24, 2.45) is 0 Å². The van der Waals surface area contributed by atoms with E-state index in [1.807, 2.05) is 4.90 Å². The summed E-state index contributed by atoms with van der Waals surface area (Å²) in [6.07, 6.45) is 0. The van der Waals surface area contributed by atoms with Gasteiger partial charge >= 0.3 is 5.97 Å². The van der Waals surface area contributed by atoms with E-state index in [0.717, 1.165) is 12.1 Å². The lowest BCUT2D eigenvalue weighted by Crippen LogP contribution is -2.54. The summed E-state index contributed by atoms with van der Waals surface area (Å²) in [4.78, 5) is 15.4. The van der Waals surface area contributed by atoms with Gasteiger partial charge in [-0.05, 0) is 26.0 Å². The molecule has 1 N–H and O–H groups in total. The normalized spacial score (nSPS) is 18.6. The molecule has 0 radical (unpaired) electrons. The van der Waals surface area contributed by atoms with Crippen molar-refractivity contribution in [1.29, 1.82) is 0 Å². The molecule has 0 aliphatic carbocycles.